The fraction of sp³-hybridized carbons (Fsp3) is 0.364. The van der Waals surface area contributed by atoms with E-state index in [4.69, 9.17) is 10.00 Å². The minimum atomic E-state index is -0.108. The monoisotopic (exact) mass is 331 g/mol. The van der Waals surface area contributed by atoms with Gasteiger partial charge in [-0.1, -0.05) is 30.7 Å². The summed E-state index contributed by atoms with van der Waals surface area (Å²) < 4.78 is 5.53. The number of nitriles is 1. The Bertz CT molecular complexity index is 801. The van der Waals surface area contributed by atoms with E-state index in [0.717, 1.165) is 23.0 Å². The van der Waals surface area contributed by atoms with Gasteiger partial charge in [-0.15, -0.1) is 0 Å². The van der Waals surface area contributed by atoms with Crippen LogP contribution in [0.3, 0.4) is 0 Å². The highest BCUT2D eigenvalue weighted by Gasteiger charge is 2.40. The van der Waals surface area contributed by atoms with Crippen LogP contribution in [0.5, 0.6) is 5.75 Å². The Labute approximate surface area is 148 Å². The molecule has 3 atom stereocenters. The molecule has 2 fully saturated rings. The van der Waals surface area contributed by atoms with E-state index in [1.165, 1.54) is 25.7 Å². The topological polar surface area (TPSA) is 50.1 Å². The summed E-state index contributed by atoms with van der Waals surface area (Å²) in [5, 5.41) is 8.86. The highest BCUT2D eigenvalue weighted by atomic mass is 16.5. The summed E-state index contributed by atoms with van der Waals surface area (Å²) in [5.74, 6) is 2.63. The number of esters is 1. The second-order valence-corrected chi connectivity index (χ2v) is 7.33. The first kappa shape index (κ1) is 15.9. The first-order valence-electron chi connectivity index (χ1n) is 9.02. The van der Waals surface area contributed by atoms with E-state index < -0.39 is 0 Å². The van der Waals surface area contributed by atoms with Crippen molar-refractivity contribution in [3.05, 3.63) is 54.1 Å². The number of nitrogens with zero attached hydrogens (tertiary/aromatic N) is 1. The predicted molar refractivity (Wildman–Crippen MR) is 95.8 cm³/mol. The molecular formula is C22H21NO2. The number of rotatable bonds is 4. The van der Waals surface area contributed by atoms with Gasteiger partial charge in [0.25, 0.3) is 0 Å². The maximum atomic E-state index is 12.2. The summed E-state index contributed by atoms with van der Waals surface area (Å²) in [4.78, 5) is 12.2. The lowest BCUT2D eigenvalue weighted by atomic mass is 9.86. The van der Waals surface area contributed by atoms with E-state index in [2.05, 4.69) is 6.07 Å². The highest BCUT2D eigenvalue weighted by molar-refractivity contribution is 5.73. The molecule has 126 valence electrons. The van der Waals surface area contributed by atoms with Crippen LogP contribution >= 0.6 is 0 Å². The standard InChI is InChI=1S/C22H21NO2/c23-14-15-1-4-17(5-2-15)18-7-9-21(10-8-18)25-22(24)13-20-12-16-3-6-19(20)11-16/h1-2,4-5,7-10,16,19-20H,3,6,11-13H2/t16-,19-,20-/m1/s1. The largest absolute Gasteiger partial charge is 0.427 e. The molecule has 2 bridgehead atoms. The Hall–Kier alpha value is -2.60. The van der Waals surface area contributed by atoms with E-state index in [0.29, 0.717) is 23.7 Å². The Balaban J connectivity index is 1.36. The van der Waals surface area contributed by atoms with Crippen LogP contribution in [0.4, 0.5) is 0 Å². The van der Waals surface area contributed by atoms with E-state index in [9.17, 15) is 4.79 Å². The van der Waals surface area contributed by atoms with Gasteiger partial charge in [0.05, 0.1) is 11.6 Å². The van der Waals surface area contributed by atoms with Crippen molar-refractivity contribution >= 4 is 5.97 Å². The molecule has 0 amide bonds. The molecule has 4 rings (SSSR count). The van der Waals surface area contributed by atoms with Crippen molar-refractivity contribution in [1.29, 1.82) is 5.26 Å². The van der Waals surface area contributed by atoms with E-state index in [1.54, 1.807) is 12.1 Å². The summed E-state index contributed by atoms with van der Waals surface area (Å²) >= 11 is 0. The molecule has 2 aliphatic carbocycles. The molecule has 3 nitrogen and oxygen atoms in total. The van der Waals surface area contributed by atoms with Crippen molar-refractivity contribution in [2.45, 2.75) is 32.1 Å². The maximum absolute atomic E-state index is 12.2. The van der Waals surface area contributed by atoms with E-state index in [-0.39, 0.29) is 5.97 Å². The van der Waals surface area contributed by atoms with Gasteiger partial charge in [-0.25, -0.2) is 0 Å². The quantitative estimate of drug-likeness (QED) is 0.588. The first-order chi connectivity index (χ1) is 12.2. The lowest BCUT2D eigenvalue weighted by Gasteiger charge is -2.20. The van der Waals surface area contributed by atoms with Crippen LogP contribution in [-0.2, 0) is 4.79 Å². The number of hydrogen-bond donors (Lipinski definition) is 0. The zero-order valence-electron chi connectivity index (χ0n) is 14.2. The number of benzene rings is 2. The molecule has 3 heteroatoms. The van der Waals surface area contributed by atoms with Crippen molar-refractivity contribution in [2.24, 2.45) is 17.8 Å². The van der Waals surface area contributed by atoms with Gasteiger partial charge >= 0.3 is 5.97 Å². The van der Waals surface area contributed by atoms with Gasteiger partial charge in [0.15, 0.2) is 0 Å². The smallest absolute Gasteiger partial charge is 0.311 e. The number of hydrogen-bond acceptors (Lipinski definition) is 3. The molecule has 0 unspecified atom stereocenters. The molecule has 0 N–H and O–H groups in total. The molecule has 2 aromatic carbocycles. The van der Waals surface area contributed by atoms with Gasteiger partial charge in [-0.2, -0.15) is 5.26 Å². The molecule has 0 aromatic heterocycles. The molecule has 0 heterocycles. The van der Waals surface area contributed by atoms with Crippen molar-refractivity contribution in [3.63, 3.8) is 0 Å². The fourth-order valence-electron chi connectivity index (χ4n) is 4.47. The Kier molecular flexibility index (Phi) is 4.28. The van der Waals surface area contributed by atoms with Gasteiger partial charge < -0.3 is 4.74 Å². The molecule has 0 radical (unpaired) electrons. The van der Waals surface area contributed by atoms with Crippen molar-refractivity contribution in [3.8, 4) is 22.9 Å². The highest BCUT2D eigenvalue weighted by Crippen LogP contribution is 2.49. The van der Waals surface area contributed by atoms with Gasteiger partial charge in [-0.05, 0) is 72.4 Å². The van der Waals surface area contributed by atoms with Crippen LogP contribution in [0.15, 0.2) is 48.5 Å². The van der Waals surface area contributed by atoms with Crippen LogP contribution in [-0.4, -0.2) is 5.97 Å². The Morgan fingerprint density at radius 3 is 2.24 bits per heavy atom. The lowest BCUT2D eigenvalue weighted by Crippen LogP contribution is -2.18. The number of carbonyl (C=O) groups is 1. The lowest BCUT2D eigenvalue weighted by molar-refractivity contribution is -0.135. The SMILES string of the molecule is N#Cc1ccc(-c2ccc(OC(=O)C[C@H]3C[C@@H]4CC[C@@H]3C4)cc2)cc1. The molecule has 0 aliphatic heterocycles. The summed E-state index contributed by atoms with van der Waals surface area (Å²) in [6, 6.07) is 17.1. The third kappa shape index (κ3) is 3.44. The summed E-state index contributed by atoms with van der Waals surface area (Å²) in [7, 11) is 0. The average molecular weight is 331 g/mol. The second-order valence-electron chi connectivity index (χ2n) is 7.33. The minimum absolute atomic E-state index is 0.108. The predicted octanol–water partition coefficient (Wildman–Crippen LogP) is 4.96. The molecule has 2 aliphatic rings. The van der Waals surface area contributed by atoms with Gasteiger partial charge in [0, 0.05) is 6.42 Å². The number of ether oxygens (including phenoxy) is 1. The van der Waals surface area contributed by atoms with Crippen LogP contribution in [0.25, 0.3) is 11.1 Å². The van der Waals surface area contributed by atoms with E-state index >= 15 is 0 Å². The summed E-state index contributed by atoms with van der Waals surface area (Å²) in [5.41, 5.74) is 2.73. The molecule has 0 saturated heterocycles. The van der Waals surface area contributed by atoms with Crippen molar-refractivity contribution in [1.82, 2.24) is 0 Å². The molecule has 25 heavy (non-hydrogen) atoms. The van der Waals surface area contributed by atoms with E-state index in [1.807, 2.05) is 36.4 Å². The van der Waals surface area contributed by atoms with Crippen LogP contribution in [0, 0.1) is 29.1 Å². The molecular weight excluding hydrogens is 310 g/mol. The maximum Gasteiger partial charge on any atom is 0.311 e. The van der Waals surface area contributed by atoms with Crippen LogP contribution in [0.2, 0.25) is 0 Å². The van der Waals surface area contributed by atoms with Crippen LogP contribution < -0.4 is 4.74 Å². The number of carbonyl (C=O) groups excluding carboxylic acids is 1. The second kappa shape index (κ2) is 6.72. The molecule has 2 aromatic rings. The minimum Gasteiger partial charge on any atom is -0.427 e. The molecule has 0 spiro atoms. The third-order valence-electron chi connectivity index (χ3n) is 5.75. The average Bonchev–Trinajstić information content (AvgIpc) is 3.25. The molecule has 2 saturated carbocycles. The zero-order chi connectivity index (χ0) is 17.2. The van der Waals surface area contributed by atoms with Gasteiger partial charge in [0.1, 0.15) is 5.75 Å². The fourth-order valence-corrected chi connectivity index (χ4v) is 4.47. The van der Waals surface area contributed by atoms with Crippen molar-refractivity contribution < 1.29 is 9.53 Å². The summed E-state index contributed by atoms with van der Waals surface area (Å²) in [6.45, 7) is 0. The van der Waals surface area contributed by atoms with Gasteiger partial charge in [0.2, 0.25) is 0 Å². The number of fused-ring (bicyclic) bond motifs is 2. The van der Waals surface area contributed by atoms with Crippen molar-refractivity contribution in [2.75, 3.05) is 0 Å². The summed E-state index contributed by atoms with van der Waals surface area (Å²) in [6.07, 6.45) is 5.72. The first-order valence-corrected chi connectivity index (χ1v) is 9.02. The normalized spacial score (nSPS) is 24.0. The Morgan fingerprint density at radius 2 is 1.68 bits per heavy atom. The third-order valence-corrected chi connectivity index (χ3v) is 5.75. The van der Waals surface area contributed by atoms with Gasteiger partial charge in [-0.3, -0.25) is 4.79 Å². The zero-order valence-corrected chi connectivity index (χ0v) is 14.2. The Morgan fingerprint density at radius 1 is 1.00 bits per heavy atom. The van der Waals surface area contributed by atoms with Crippen LogP contribution in [0.1, 0.15) is 37.7 Å².